The van der Waals surface area contributed by atoms with Gasteiger partial charge in [0, 0.05) is 31.0 Å². The van der Waals surface area contributed by atoms with E-state index < -0.39 is 15.7 Å². The van der Waals surface area contributed by atoms with Gasteiger partial charge in [0.15, 0.2) is 9.84 Å². The molecule has 4 rings (SSSR count). The van der Waals surface area contributed by atoms with Gasteiger partial charge in [-0.2, -0.15) is 4.98 Å². The van der Waals surface area contributed by atoms with Crippen LogP contribution in [0.1, 0.15) is 29.6 Å². The van der Waals surface area contributed by atoms with Crippen LogP contribution in [0.3, 0.4) is 0 Å². The summed E-state index contributed by atoms with van der Waals surface area (Å²) >= 11 is 0. The standard InChI is InChI=1S/C21H24N4O4S/c1-30(27,28)13-10-18(15-8-9-15)23-19(26)17-14-22-21(25-11-5-12-25)24-20(17)29-16-6-3-2-4-7-16/h2-4,6-7,10,13-15,18H,5,8-9,11-12H2,1H3,(H,23,26). The van der Waals surface area contributed by atoms with E-state index in [1.807, 2.05) is 23.1 Å². The van der Waals surface area contributed by atoms with Crippen molar-refractivity contribution >= 4 is 21.7 Å². The number of para-hydroxylation sites is 1. The average molecular weight is 429 g/mol. The van der Waals surface area contributed by atoms with Gasteiger partial charge in [-0.05, 0) is 37.3 Å². The highest BCUT2D eigenvalue weighted by molar-refractivity contribution is 7.93. The van der Waals surface area contributed by atoms with Gasteiger partial charge in [0.05, 0.1) is 6.04 Å². The summed E-state index contributed by atoms with van der Waals surface area (Å²) in [5.41, 5.74) is 0.210. The number of nitrogens with zero attached hydrogens (tertiary/aromatic N) is 3. The second kappa shape index (κ2) is 8.43. The van der Waals surface area contributed by atoms with Gasteiger partial charge in [-0.1, -0.05) is 24.3 Å². The number of hydrogen-bond acceptors (Lipinski definition) is 7. The zero-order chi connectivity index (χ0) is 21.1. The molecule has 1 N–H and O–H groups in total. The van der Waals surface area contributed by atoms with Crippen LogP contribution in [0.25, 0.3) is 0 Å². The molecule has 1 aromatic heterocycles. The molecule has 2 heterocycles. The van der Waals surface area contributed by atoms with Gasteiger partial charge >= 0.3 is 0 Å². The highest BCUT2D eigenvalue weighted by Gasteiger charge is 2.32. The van der Waals surface area contributed by atoms with Crippen LogP contribution in [0.4, 0.5) is 5.95 Å². The van der Waals surface area contributed by atoms with E-state index in [-0.39, 0.29) is 23.4 Å². The first-order chi connectivity index (χ1) is 14.4. The number of nitrogens with one attached hydrogen (secondary N) is 1. The maximum Gasteiger partial charge on any atom is 0.258 e. The van der Waals surface area contributed by atoms with Gasteiger partial charge in [-0.3, -0.25) is 4.79 Å². The summed E-state index contributed by atoms with van der Waals surface area (Å²) in [7, 11) is -3.27. The molecule has 1 aliphatic heterocycles. The Bertz CT molecular complexity index is 1050. The number of benzene rings is 1. The summed E-state index contributed by atoms with van der Waals surface area (Å²) in [4.78, 5) is 23.9. The van der Waals surface area contributed by atoms with Crippen molar-refractivity contribution in [2.24, 2.45) is 5.92 Å². The van der Waals surface area contributed by atoms with Crippen molar-refractivity contribution in [2.45, 2.75) is 25.3 Å². The lowest BCUT2D eigenvalue weighted by atomic mass is 10.1. The molecular weight excluding hydrogens is 404 g/mol. The summed E-state index contributed by atoms with van der Waals surface area (Å²) in [6, 6.07) is 8.76. The Kier molecular flexibility index (Phi) is 5.72. The zero-order valence-electron chi connectivity index (χ0n) is 16.7. The fourth-order valence-electron chi connectivity index (χ4n) is 3.09. The molecule has 0 bridgehead atoms. The summed E-state index contributed by atoms with van der Waals surface area (Å²) in [6.07, 6.45) is 7.10. The fourth-order valence-corrected chi connectivity index (χ4v) is 3.55. The van der Waals surface area contributed by atoms with E-state index in [0.717, 1.165) is 44.0 Å². The predicted octanol–water partition coefficient (Wildman–Crippen LogP) is 2.55. The first-order valence-corrected chi connectivity index (χ1v) is 11.9. The minimum Gasteiger partial charge on any atom is -0.438 e. The molecule has 1 amide bonds. The number of sulfone groups is 1. The fraction of sp³-hybridized carbons (Fsp3) is 0.381. The van der Waals surface area contributed by atoms with Crippen LogP contribution >= 0.6 is 0 Å². The van der Waals surface area contributed by atoms with Crippen molar-refractivity contribution in [1.29, 1.82) is 0 Å². The summed E-state index contributed by atoms with van der Waals surface area (Å²) in [6.45, 7) is 1.74. The number of amides is 1. The lowest BCUT2D eigenvalue weighted by Crippen LogP contribution is -2.39. The van der Waals surface area contributed by atoms with Crippen LogP contribution in [0.15, 0.2) is 48.0 Å². The Morgan fingerprint density at radius 1 is 1.27 bits per heavy atom. The van der Waals surface area contributed by atoms with E-state index in [9.17, 15) is 13.2 Å². The number of carbonyl (C=O) groups excluding carboxylic acids is 1. The average Bonchev–Trinajstić information content (AvgIpc) is 3.49. The number of aromatic nitrogens is 2. The Morgan fingerprint density at radius 3 is 2.60 bits per heavy atom. The molecule has 2 aromatic rings. The van der Waals surface area contributed by atoms with Gasteiger partial charge in [0.2, 0.25) is 11.8 Å². The molecule has 0 spiro atoms. The maximum atomic E-state index is 13.0. The lowest BCUT2D eigenvalue weighted by Gasteiger charge is -2.31. The second-order valence-electron chi connectivity index (χ2n) is 7.64. The van der Waals surface area contributed by atoms with Gasteiger partial charge < -0.3 is 15.0 Å². The van der Waals surface area contributed by atoms with Crippen molar-refractivity contribution in [2.75, 3.05) is 24.2 Å². The first kappa shape index (κ1) is 20.3. The Hall–Kier alpha value is -2.94. The van der Waals surface area contributed by atoms with Crippen LogP contribution in [0, 0.1) is 5.92 Å². The van der Waals surface area contributed by atoms with Crippen molar-refractivity contribution in [3.63, 3.8) is 0 Å². The highest BCUT2D eigenvalue weighted by atomic mass is 32.2. The molecule has 1 unspecified atom stereocenters. The molecule has 1 aliphatic carbocycles. The minimum atomic E-state index is -3.27. The van der Waals surface area contributed by atoms with Gasteiger partial charge in [0.1, 0.15) is 11.3 Å². The Labute approximate surface area is 175 Å². The number of ether oxygens (including phenoxy) is 1. The third kappa shape index (κ3) is 5.15. The molecule has 30 heavy (non-hydrogen) atoms. The van der Waals surface area contributed by atoms with Crippen LogP contribution in [-0.2, 0) is 9.84 Å². The van der Waals surface area contributed by atoms with Crippen molar-refractivity contribution < 1.29 is 17.9 Å². The second-order valence-corrected chi connectivity index (χ2v) is 9.57. The smallest absolute Gasteiger partial charge is 0.258 e. The number of anilines is 1. The van der Waals surface area contributed by atoms with Crippen molar-refractivity contribution in [1.82, 2.24) is 15.3 Å². The third-order valence-electron chi connectivity index (χ3n) is 5.04. The van der Waals surface area contributed by atoms with Gasteiger partial charge in [-0.25, -0.2) is 13.4 Å². The molecule has 8 nitrogen and oxygen atoms in total. The van der Waals surface area contributed by atoms with E-state index >= 15 is 0 Å². The molecule has 158 valence electrons. The van der Waals surface area contributed by atoms with Crippen LogP contribution in [-0.4, -0.2) is 49.7 Å². The molecule has 1 atom stereocenters. The van der Waals surface area contributed by atoms with E-state index in [4.69, 9.17) is 4.74 Å². The maximum absolute atomic E-state index is 13.0. The highest BCUT2D eigenvalue weighted by Crippen LogP contribution is 2.34. The summed E-state index contributed by atoms with van der Waals surface area (Å²) in [5.74, 6) is 1.10. The van der Waals surface area contributed by atoms with Gasteiger partial charge in [-0.15, -0.1) is 0 Å². The topological polar surface area (TPSA) is 101 Å². The van der Waals surface area contributed by atoms with Crippen LogP contribution in [0.5, 0.6) is 11.6 Å². The third-order valence-corrected chi connectivity index (χ3v) is 5.69. The first-order valence-electron chi connectivity index (χ1n) is 9.93. The normalized spacial score (nSPS) is 17.4. The number of hydrogen-bond donors (Lipinski definition) is 1. The molecule has 1 saturated heterocycles. The van der Waals surface area contributed by atoms with Crippen molar-refractivity contribution in [3.8, 4) is 11.6 Å². The Balaban J connectivity index is 1.59. The Morgan fingerprint density at radius 2 is 2.00 bits per heavy atom. The molecule has 9 heteroatoms. The van der Waals surface area contributed by atoms with Crippen LogP contribution < -0.4 is 15.0 Å². The number of carbonyl (C=O) groups is 1. The van der Waals surface area contributed by atoms with E-state index in [0.29, 0.717) is 11.7 Å². The molecule has 2 fully saturated rings. The van der Waals surface area contributed by atoms with E-state index in [2.05, 4.69) is 15.3 Å². The molecular formula is C21H24N4O4S. The molecule has 2 aliphatic rings. The zero-order valence-corrected chi connectivity index (χ0v) is 17.5. The largest absolute Gasteiger partial charge is 0.438 e. The quantitative estimate of drug-likeness (QED) is 0.689. The molecule has 1 saturated carbocycles. The van der Waals surface area contributed by atoms with Crippen LogP contribution in [0.2, 0.25) is 0 Å². The summed E-state index contributed by atoms with van der Waals surface area (Å²) in [5, 5.41) is 4.05. The molecule has 1 aromatic carbocycles. The predicted molar refractivity (Wildman–Crippen MR) is 113 cm³/mol. The van der Waals surface area contributed by atoms with E-state index in [1.54, 1.807) is 12.1 Å². The molecule has 0 radical (unpaired) electrons. The van der Waals surface area contributed by atoms with Crippen molar-refractivity contribution in [3.05, 3.63) is 53.6 Å². The summed E-state index contributed by atoms with van der Waals surface area (Å²) < 4.78 is 28.9. The lowest BCUT2D eigenvalue weighted by molar-refractivity contribution is 0.0937. The van der Waals surface area contributed by atoms with E-state index in [1.165, 1.54) is 12.3 Å². The minimum absolute atomic E-state index is 0.178. The van der Waals surface area contributed by atoms with Gasteiger partial charge in [0.25, 0.3) is 5.91 Å². The monoisotopic (exact) mass is 428 g/mol. The SMILES string of the molecule is CS(=O)(=O)C=CC(NC(=O)c1cnc(N2CCC2)nc1Oc1ccccc1)C1CC1. The number of rotatable bonds is 8.